The standard InChI is InChI=1S/C14H14ClN3O6S/c1-25(21,22)12-5-9(13(19)24-14(20)18-16)11(6-10(12)15)17-7-8-3-2-4-23-8/h2-6,17H,7,16H2,1H3,(H,18,20). The molecule has 2 rings (SSSR count). The first-order valence-electron chi connectivity index (χ1n) is 6.75. The van der Waals surface area contributed by atoms with Crippen LogP contribution in [0.3, 0.4) is 0 Å². The molecule has 0 fully saturated rings. The molecule has 0 aliphatic carbocycles. The number of furan rings is 1. The highest BCUT2D eigenvalue weighted by Crippen LogP contribution is 2.30. The molecule has 0 radical (unpaired) electrons. The average Bonchev–Trinajstić information content (AvgIpc) is 3.04. The van der Waals surface area contributed by atoms with Crippen LogP contribution in [0.5, 0.6) is 0 Å². The van der Waals surface area contributed by atoms with Crippen molar-refractivity contribution in [2.75, 3.05) is 11.6 Å². The van der Waals surface area contributed by atoms with E-state index in [1.807, 2.05) is 0 Å². The quantitative estimate of drug-likeness (QED) is 0.231. The molecule has 0 saturated heterocycles. The fraction of sp³-hybridized carbons (Fsp3) is 0.143. The van der Waals surface area contributed by atoms with E-state index in [1.54, 1.807) is 17.6 Å². The van der Waals surface area contributed by atoms with Gasteiger partial charge in [0, 0.05) is 6.26 Å². The third kappa shape index (κ3) is 4.72. The molecule has 0 spiro atoms. The Morgan fingerprint density at radius 2 is 2.08 bits per heavy atom. The largest absolute Gasteiger partial charge is 0.467 e. The number of benzene rings is 1. The van der Waals surface area contributed by atoms with Crippen LogP contribution in [-0.2, 0) is 21.1 Å². The summed E-state index contributed by atoms with van der Waals surface area (Å²) in [7, 11) is -3.71. The second-order valence-corrected chi connectivity index (χ2v) is 7.25. The van der Waals surface area contributed by atoms with Gasteiger partial charge in [-0.05, 0) is 24.3 Å². The number of nitrogens with two attached hydrogens (primary N) is 1. The van der Waals surface area contributed by atoms with Crippen LogP contribution in [0.25, 0.3) is 0 Å². The Kier molecular flexibility index (Phi) is 5.67. The summed E-state index contributed by atoms with van der Waals surface area (Å²) in [4.78, 5) is 23.0. The topological polar surface area (TPSA) is 141 Å². The Morgan fingerprint density at radius 1 is 1.36 bits per heavy atom. The van der Waals surface area contributed by atoms with E-state index >= 15 is 0 Å². The van der Waals surface area contributed by atoms with Crippen LogP contribution in [0.4, 0.5) is 10.5 Å². The summed E-state index contributed by atoms with van der Waals surface area (Å²) in [5.74, 6) is 4.31. The van der Waals surface area contributed by atoms with Crippen LogP contribution in [-0.4, -0.2) is 26.7 Å². The maximum atomic E-state index is 12.1. The van der Waals surface area contributed by atoms with Gasteiger partial charge in [0.05, 0.1) is 34.0 Å². The Balaban J connectivity index is 2.43. The predicted molar refractivity (Wildman–Crippen MR) is 88.7 cm³/mol. The highest BCUT2D eigenvalue weighted by Gasteiger charge is 2.22. The molecular weight excluding hydrogens is 374 g/mol. The van der Waals surface area contributed by atoms with Crippen LogP contribution in [0.1, 0.15) is 16.1 Å². The number of anilines is 1. The number of carbonyl (C=O) groups is 2. The van der Waals surface area contributed by atoms with Crippen LogP contribution in [0, 0.1) is 0 Å². The fourth-order valence-electron chi connectivity index (χ4n) is 1.92. The average molecular weight is 388 g/mol. The molecule has 134 valence electrons. The minimum atomic E-state index is -3.71. The van der Waals surface area contributed by atoms with E-state index in [0.717, 1.165) is 12.3 Å². The number of esters is 1. The lowest BCUT2D eigenvalue weighted by Crippen LogP contribution is -2.32. The first-order valence-corrected chi connectivity index (χ1v) is 9.02. The third-order valence-corrected chi connectivity index (χ3v) is 4.59. The zero-order valence-electron chi connectivity index (χ0n) is 12.9. The maximum absolute atomic E-state index is 12.1. The SMILES string of the molecule is CS(=O)(=O)c1cc(C(=O)OC(=O)NN)c(NCc2ccco2)cc1Cl. The summed E-state index contributed by atoms with van der Waals surface area (Å²) in [6, 6.07) is 5.64. The molecular formula is C14H14ClN3O6S. The van der Waals surface area contributed by atoms with Crippen molar-refractivity contribution in [1.82, 2.24) is 5.43 Å². The van der Waals surface area contributed by atoms with Gasteiger partial charge >= 0.3 is 12.1 Å². The van der Waals surface area contributed by atoms with E-state index in [9.17, 15) is 18.0 Å². The second kappa shape index (κ2) is 7.55. The van der Waals surface area contributed by atoms with Crippen molar-refractivity contribution in [3.05, 3.63) is 46.9 Å². The number of hydrogen-bond donors (Lipinski definition) is 3. The number of halogens is 1. The summed E-state index contributed by atoms with van der Waals surface area (Å²) in [5, 5.41) is 2.78. The van der Waals surface area contributed by atoms with Gasteiger partial charge in [-0.15, -0.1) is 0 Å². The molecule has 1 heterocycles. The summed E-state index contributed by atoms with van der Waals surface area (Å²) in [5.41, 5.74) is 1.58. The molecule has 0 bridgehead atoms. The summed E-state index contributed by atoms with van der Waals surface area (Å²) in [6.07, 6.45) is 1.21. The molecule has 1 aromatic carbocycles. The molecule has 25 heavy (non-hydrogen) atoms. The Labute approximate surface area is 148 Å². The molecule has 9 nitrogen and oxygen atoms in total. The third-order valence-electron chi connectivity index (χ3n) is 3.03. The number of ether oxygens (including phenoxy) is 1. The number of amides is 1. The molecule has 0 unspecified atom stereocenters. The Morgan fingerprint density at radius 3 is 2.64 bits per heavy atom. The van der Waals surface area contributed by atoms with E-state index in [4.69, 9.17) is 21.9 Å². The molecule has 2 aromatic rings. The van der Waals surface area contributed by atoms with E-state index in [1.165, 1.54) is 12.3 Å². The van der Waals surface area contributed by atoms with Gasteiger partial charge in [-0.3, -0.25) is 5.43 Å². The van der Waals surface area contributed by atoms with Gasteiger partial charge in [0.25, 0.3) is 0 Å². The molecule has 0 aliphatic rings. The summed E-state index contributed by atoms with van der Waals surface area (Å²) < 4.78 is 33.2. The number of rotatable bonds is 5. The van der Waals surface area contributed by atoms with Crippen molar-refractivity contribution in [1.29, 1.82) is 0 Å². The molecule has 0 aliphatic heterocycles. The smallest absolute Gasteiger partial charge is 0.429 e. The van der Waals surface area contributed by atoms with E-state index in [2.05, 4.69) is 10.1 Å². The van der Waals surface area contributed by atoms with E-state index in [-0.39, 0.29) is 27.7 Å². The van der Waals surface area contributed by atoms with Crippen LogP contribution in [0.15, 0.2) is 39.8 Å². The second-order valence-electron chi connectivity index (χ2n) is 4.85. The van der Waals surface area contributed by atoms with Gasteiger partial charge < -0.3 is 14.5 Å². The van der Waals surface area contributed by atoms with Crippen molar-refractivity contribution in [2.45, 2.75) is 11.4 Å². The highest BCUT2D eigenvalue weighted by molar-refractivity contribution is 7.90. The van der Waals surface area contributed by atoms with Gasteiger partial charge in [-0.2, -0.15) is 0 Å². The Hall–Kier alpha value is -2.56. The van der Waals surface area contributed by atoms with Gasteiger partial charge in [0.2, 0.25) is 0 Å². The van der Waals surface area contributed by atoms with Crippen molar-refractivity contribution in [3.8, 4) is 0 Å². The minimum Gasteiger partial charge on any atom is -0.467 e. The van der Waals surface area contributed by atoms with Crippen LogP contribution < -0.4 is 16.6 Å². The maximum Gasteiger partial charge on any atom is 0.429 e. The number of hydrazine groups is 1. The van der Waals surface area contributed by atoms with Crippen molar-refractivity contribution >= 4 is 39.2 Å². The van der Waals surface area contributed by atoms with Crippen molar-refractivity contribution in [3.63, 3.8) is 0 Å². The normalized spacial score (nSPS) is 11.0. The molecule has 1 amide bonds. The lowest BCUT2D eigenvalue weighted by atomic mass is 10.1. The number of hydrogen-bond acceptors (Lipinski definition) is 8. The zero-order valence-corrected chi connectivity index (χ0v) is 14.5. The minimum absolute atomic E-state index is 0.0933. The number of nitrogens with one attached hydrogen (secondary N) is 2. The summed E-state index contributed by atoms with van der Waals surface area (Å²) >= 11 is 5.99. The lowest BCUT2D eigenvalue weighted by Gasteiger charge is -2.13. The van der Waals surface area contributed by atoms with Crippen molar-refractivity contribution in [2.24, 2.45) is 5.84 Å². The van der Waals surface area contributed by atoms with Gasteiger partial charge in [-0.25, -0.2) is 23.8 Å². The molecule has 4 N–H and O–H groups in total. The van der Waals surface area contributed by atoms with E-state index < -0.39 is 21.9 Å². The predicted octanol–water partition coefficient (Wildman–Crippen LogP) is 1.69. The molecule has 11 heteroatoms. The molecule has 0 atom stereocenters. The number of carbonyl (C=O) groups excluding carboxylic acids is 2. The van der Waals surface area contributed by atoms with Gasteiger partial charge in [0.1, 0.15) is 5.76 Å². The Bertz CT molecular complexity index is 896. The van der Waals surface area contributed by atoms with Crippen LogP contribution in [0.2, 0.25) is 5.02 Å². The first kappa shape index (κ1) is 18.8. The lowest BCUT2D eigenvalue weighted by molar-refractivity contribution is 0.0623. The number of sulfone groups is 1. The first-order chi connectivity index (χ1) is 11.7. The van der Waals surface area contributed by atoms with Crippen LogP contribution >= 0.6 is 11.6 Å². The molecule has 0 saturated carbocycles. The molecule has 1 aromatic heterocycles. The highest BCUT2D eigenvalue weighted by atomic mass is 35.5. The van der Waals surface area contributed by atoms with Crippen molar-refractivity contribution < 1.29 is 27.2 Å². The summed E-state index contributed by atoms with van der Waals surface area (Å²) in [6.45, 7) is 0.185. The fourth-order valence-corrected chi connectivity index (χ4v) is 3.25. The zero-order chi connectivity index (χ0) is 18.6. The monoisotopic (exact) mass is 387 g/mol. The van der Waals surface area contributed by atoms with E-state index in [0.29, 0.717) is 5.76 Å². The van der Waals surface area contributed by atoms with Gasteiger partial charge in [0.15, 0.2) is 9.84 Å². The van der Waals surface area contributed by atoms with Gasteiger partial charge in [-0.1, -0.05) is 11.6 Å².